The van der Waals surface area contributed by atoms with Crippen LogP contribution >= 0.6 is 7.75 Å². The summed E-state index contributed by atoms with van der Waals surface area (Å²) in [6, 6.07) is 0.361. The fourth-order valence-electron chi connectivity index (χ4n) is 2.52. The van der Waals surface area contributed by atoms with Crippen molar-refractivity contribution in [1.82, 2.24) is 14.6 Å². The molecule has 11 nitrogen and oxygen atoms in total. The molecule has 3 heterocycles. The molecule has 4 N–H and O–H groups in total. The number of fused-ring (bicyclic) bond motifs is 1. The highest BCUT2D eigenvalue weighted by molar-refractivity contribution is 7.51. The summed E-state index contributed by atoms with van der Waals surface area (Å²) in [6.45, 7) is 1.28. The number of nitrogens with two attached hydrogens (primary N) is 1. The van der Waals surface area contributed by atoms with Gasteiger partial charge in [-0.15, -0.1) is 0 Å². The standard InChI is InChI=1S/C12H17N4O7P/c1-6(11(17)18)15-24(20)21-5-8-7(23-24)4-10(22-8)16-3-2-9(13)14-12(16)19/h2-3,6-8,10H,4-5H2,1H3,(H,15,20)(H,17,18)(H2,13,14,19)/t6?,7-,8+,10+,24?/m0/s1. The van der Waals surface area contributed by atoms with Crippen LogP contribution in [0.15, 0.2) is 17.1 Å². The third-order valence-electron chi connectivity index (χ3n) is 3.75. The minimum absolute atomic E-state index is 0.0467. The molecule has 0 aromatic carbocycles. The van der Waals surface area contributed by atoms with Gasteiger partial charge < -0.3 is 15.6 Å². The average molecular weight is 360 g/mol. The van der Waals surface area contributed by atoms with E-state index in [9.17, 15) is 14.2 Å². The van der Waals surface area contributed by atoms with Crippen LogP contribution in [0.2, 0.25) is 0 Å². The maximum Gasteiger partial charge on any atom is 0.406 e. The number of hydrogen-bond donors (Lipinski definition) is 3. The van der Waals surface area contributed by atoms with Gasteiger partial charge in [-0.05, 0) is 13.0 Å². The summed E-state index contributed by atoms with van der Waals surface area (Å²) in [4.78, 5) is 26.4. The van der Waals surface area contributed by atoms with Crippen LogP contribution in [0.1, 0.15) is 19.6 Å². The minimum atomic E-state index is -3.77. The first-order valence-electron chi connectivity index (χ1n) is 7.21. The molecule has 0 saturated carbocycles. The molecule has 0 bridgehead atoms. The Balaban J connectivity index is 1.72. The number of rotatable bonds is 4. The van der Waals surface area contributed by atoms with Gasteiger partial charge in [-0.2, -0.15) is 4.98 Å². The molecule has 0 spiro atoms. The number of aromatic nitrogens is 2. The van der Waals surface area contributed by atoms with Gasteiger partial charge in [-0.1, -0.05) is 0 Å². The van der Waals surface area contributed by atoms with Gasteiger partial charge in [0.1, 0.15) is 30.3 Å². The van der Waals surface area contributed by atoms with Gasteiger partial charge >= 0.3 is 19.4 Å². The monoisotopic (exact) mass is 360 g/mol. The second kappa shape index (κ2) is 6.26. The smallest absolute Gasteiger partial charge is 0.406 e. The zero-order valence-electron chi connectivity index (χ0n) is 12.7. The Kier molecular flexibility index (Phi) is 4.45. The molecule has 0 radical (unpaired) electrons. The molecule has 0 amide bonds. The van der Waals surface area contributed by atoms with Crippen LogP contribution in [0, 0.1) is 0 Å². The van der Waals surface area contributed by atoms with Gasteiger partial charge in [0.05, 0.1) is 6.61 Å². The van der Waals surface area contributed by atoms with E-state index in [4.69, 9.17) is 24.6 Å². The van der Waals surface area contributed by atoms with Crippen LogP contribution in [-0.2, 0) is 23.1 Å². The zero-order chi connectivity index (χ0) is 17.5. The van der Waals surface area contributed by atoms with E-state index >= 15 is 0 Å². The summed E-state index contributed by atoms with van der Waals surface area (Å²) in [5.74, 6) is -1.08. The largest absolute Gasteiger partial charge is 0.480 e. The number of carboxylic acid groups (broad SMARTS) is 1. The summed E-state index contributed by atoms with van der Waals surface area (Å²) < 4.78 is 30.0. The highest BCUT2D eigenvalue weighted by Gasteiger charge is 2.47. The molecule has 2 unspecified atom stereocenters. The van der Waals surface area contributed by atoms with Gasteiger partial charge in [0.25, 0.3) is 0 Å². The van der Waals surface area contributed by atoms with Crippen molar-refractivity contribution in [2.45, 2.75) is 37.8 Å². The van der Waals surface area contributed by atoms with E-state index in [0.29, 0.717) is 0 Å². The molecule has 0 aliphatic carbocycles. The van der Waals surface area contributed by atoms with Crippen molar-refractivity contribution in [2.24, 2.45) is 0 Å². The van der Waals surface area contributed by atoms with Crippen LogP contribution in [0.25, 0.3) is 0 Å². The Labute approximate surface area is 136 Å². The van der Waals surface area contributed by atoms with Crippen molar-refractivity contribution in [3.8, 4) is 0 Å². The van der Waals surface area contributed by atoms with Crippen LogP contribution < -0.4 is 16.5 Å². The van der Waals surface area contributed by atoms with Crippen molar-refractivity contribution in [3.05, 3.63) is 22.7 Å². The zero-order valence-corrected chi connectivity index (χ0v) is 13.6. The van der Waals surface area contributed by atoms with Crippen LogP contribution in [-0.4, -0.2) is 45.5 Å². The van der Waals surface area contributed by atoms with Gasteiger partial charge in [0.15, 0.2) is 0 Å². The van der Waals surface area contributed by atoms with Crippen LogP contribution in [0.3, 0.4) is 0 Å². The number of ether oxygens (including phenoxy) is 1. The second-order valence-corrected chi connectivity index (χ2v) is 7.26. The Morgan fingerprint density at radius 1 is 1.58 bits per heavy atom. The topological polar surface area (TPSA) is 155 Å². The molecular formula is C12H17N4O7P. The molecule has 2 aliphatic heterocycles. The van der Waals surface area contributed by atoms with Gasteiger partial charge in [0.2, 0.25) is 0 Å². The molecule has 5 atom stereocenters. The first kappa shape index (κ1) is 17.1. The number of carbonyl (C=O) groups is 1. The second-order valence-electron chi connectivity index (χ2n) is 5.53. The molecule has 2 saturated heterocycles. The number of nitrogens with zero attached hydrogens (tertiary/aromatic N) is 2. The van der Waals surface area contributed by atoms with Crippen LogP contribution in [0.5, 0.6) is 0 Å². The summed E-state index contributed by atoms with van der Waals surface area (Å²) in [5, 5.41) is 11.2. The fourth-order valence-corrected chi connectivity index (χ4v) is 4.22. The lowest BCUT2D eigenvalue weighted by molar-refractivity contribution is -0.138. The molecule has 2 fully saturated rings. The summed E-state index contributed by atoms with van der Waals surface area (Å²) in [6.07, 6.45) is -0.0894. The lowest BCUT2D eigenvalue weighted by Gasteiger charge is -2.31. The lowest BCUT2D eigenvalue weighted by atomic mass is 10.2. The maximum atomic E-state index is 12.5. The fraction of sp³-hybridized carbons (Fsp3) is 0.583. The summed E-state index contributed by atoms with van der Waals surface area (Å²) in [7, 11) is -3.77. The molecule has 24 heavy (non-hydrogen) atoms. The first-order chi connectivity index (χ1) is 11.3. The number of nitrogens with one attached hydrogen (secondary N) is 1. The maximum absolute atomic E-state index is 12.5. The molecule has 1 aromatic heterocycles. The van der Waals surface area contributed by atoms with Crippen molar-refractivity contribution < 1.29 is 28.3 Å². The Bertz CT molecular complexity index is 753. The summed E-state index contributed by atoms with van der Waals surface area (Å²) >= 11 is 0. The average Bonchev–Trinajstić information content (AvgIpc) is 2.88. The predicted molar refractivity (Wildman–Crippen MR) is 80.1 cm³/mol. The van der Waals surface area contributed by atoms with E-state index < -0.39 is 43.9 Å². The van der Waals surface area contributed by atoms with Crippen LogP contribution in [0.4, 0.5) is 5.82 Å². The highest BCUT2D eigenvalue weighted by Crippen LogP contribution is 2.52. The van der Waals surface area contributed by atoms with E-state index in [0.717, 1.165) is 0 Å². The Hall–Kier alpha value is -1.78. The van der Waals surface area contributed by atoms with E-state index in [1.54, 1.807) is 0 Å². The van der Waals surface area contributed by atoms with Crippen molar-refractivity contribution in [3.63, 3.8) is 0 Å². The number of aliphatic carboxylic acids is 1. The Morgan fingerprint density at radius 3 is 3.00 bits per heavy atom. The Morgan fingerprint density at radius 2 is 2.33 bits per heavy atom. The number of nitrogen functional groups attached to an aromatic ring is 1. The quantitative estimate of drug-likeness (QED) is 0.609. The normalized spacial score (nSPS) is 33.8. The van der Waals surface area contributed by atoms with Crippen molar-refractivity contribution >= 4 is 19.5 Å². The van der Waals surface area contributed by atoms with Gasteiger partial charge in [0, 0.05) is 12.6 Å². The highest BCUT2D eigenvalue weighted by atomic mass is 31.2. The van der Waals surface area contributed by atoms with Gasteiger partial charge in [-0.3, -0.25) is 18.4 Å². The lowest BCUT2D eigenvalue weighted by Crippen LogP contribution is -2.40. The molecule has 132 valence electrons. The molecule has 12 heteroatoms. The minimum Gasteiger partial charge on any atom is -0.480 e. The number of carboxylic acids is 1. The van der Waals surface area contributed by atoms with Gasteiger partial charge in [-0.25, -0.2) is 14.4 Å². The molecule has 2 aliphatic rings. The van der Waals surface area contributed by atoms with Crippen molar-refractivity contribution in [1.29, 1.82) is 0 Å². The SMILES string of the molecule is CC(NP1(=O)OC[C@H]2O[C@@H](n3ccc(N)nc3=O)C[C@@H]2O1)C(=O)O. The van der Waals surface area contributed by atoms with E-state index in [-0.39, 0.29) is 18.8 Å². The first-order valence-corrected chi connectivity index (χ1v) is 8.75. The third kappa shape index (κ3) is 3.35. The predicted octanol–water partition coefficient (Wildman–Crippen LogP) is -0.301. The van der Waals surface area contributed by atoms with E-state index in [1.165, 1.54) is 23.8 Å². The molecule has 3 rings (SSSR count). The summed E-state index contributed by atoms with van der Waals surface area (Å²) in [5.41, 5.74) is 4.88. The van der Waals surface area contributed by atoms with Crippen molar-refractivity contribution in [2.75, 3.05) is 12.3 Å². The van der Waals surface area contributed by atoms with E-state index in [2.05, 4.69) is 10.1 Å². The molecular weight excluding hydrogens is 343 g/mol. The third-order valence-corrected chi connectivity index (χ3v) is 5.49. The molecule has 1 aromatic rings. The van der Waals surface area contributed by atoms with E-state index in [1.807, 2.05) is 0 Å². The number of hydrogen-bond acceptors (Lipinski definition) is 8. The number of anilines is 1.